The zero-order valence-electron chi connectivity index (χ0n) is 33.2. The predicted octanol–water partition coefficient (Wildman–Crippen LogP) is 4.16. The summed E-state index contributed by atoms with van der Waals surface area (Å²) in [5.41, 5.74) is 4.95. The van der Waals surface area contributed by atoms with Crippen molar-refractivity contribution in [1.29, 1.82) is 0 Å². The van der Waals surface area contributed by atoms with Crippen molar-refractivity contribution in [2.24, 2.45) is 22.7 Å². The number of hydrogen-bond donors (Lipinski definition) is 3. The fourth-order valence-corrected chi connectivity index (χ4v) is 11.8. The molecule has 10 rings (SSSR count). The largest absolute Gasteiger partial charge is 0.458 e. The average Bonchev–Trinajstić information content (AvgIpc) is 3.47. The number of hydroxylamine groups is 2. The van der Waals surface area contributed by atoms with Gasteiger partial charge in [-0.1, -0.05) is 74.0 Å². The summed E-state index contributed by atoms with van der Waals surface area (Å²) in [5, 5.41) is 16.3. The molecule has 3 N–H and O–H groups in total. The number of epoxide rings is 1. The number of ether oxygens (including phenoxy) is 4. The normalized spacial score (nSPS) is 38.4. The minimum atomic E-state index is -1.33. The number of fused-ring (bicyclic) bond motifs is 7. The summed E-state index contributed by atoms with van der Waals surface area (Å²) in [6.45, 7) is 7.38. The van der Waals surface area contributed by atoms with Gasteiger partial charge in [0.1, 0.15) is 29.8 Å². The second kappa shape index (κ2) is 13.7. The number of carbonyl (C=O) groups excluding carboxylic acids is 3. The predicted molar refractivity (Wildman–Crippen MR) is 207 cm³/mol. The smallest absolute Gasteiger partial charge is 0.327 e. The van der Waals surface area contributed by atoms with Crippen molar-refractivity contribution >= 4 is 23.9 Å². The van der Waals surface area contributed by atoms with Crippen molar-refractivity contribution in [3.05, 3.63) is 76.4 Å². The van der Waals surface area contributed by atoms with Crippen LogP contribution in [0.4, 0.5) is 0 Å². The first-order chi connectivity index (χ1) is 27.4. The minimum Gasteiger partial charge on any atom is -0.458 e. The summed E-state index contributed by atoms with van der Waals surface area (Å²) in [6.07, 6.45) is 6.94. The van der Waals surface area contributed by atoms with Crippen LogP contribution < -0.4 is 10.6 Å². The molecule has 12 nitrogen and oxygen atoms in total. The first-order valence-electron chi connectivity index (χ1n) is 21.1. The molecule has 0 aromatic heterocycles. The highest BCUT2D eigenvalue weighted by Crippen LogP contribution is 2.61. The van der Waals surface area contributed by atoms with Gasteiger partial charge in [0.25, 0.3) is 0 Å². The highest BCUT2D eigenvalue weighted by atomic mass is 16.8. The number of benzene rings is 2. The fourth-order valence-electron chi connectivity index (χ4n) is 11.8. The van der Waals surface area contributed by atoms with Crippen LogP contribution in [-0.4, -0.2) is 95.6 Å². The Labute approximate surface area is 333 Å². The van der Waals surface area contributed by atoms with Crippen LogP contribution in [0.2, 0.25) is 0 Å². The number of carbonyl (C=O) groups is 3. The Morgan fingerprint density at radius 1 is 0.930 bits per heavy atom. The number of aliphatic hydroxyl groups excluding tert-OH is 1. The molecule has 4 saturated heterocycles. The van der Waals surface area contributed by atoms with E-state index in [1.165, 1.54) is 18.4 Å². The molecule has 4 aliphatic heterocycles. The minimum absolute atomic E-state index is 0.0258. The molecule has 1 unspecified atom stereocenters. The summed E-state index contributed by atoms with van der Waals surface area (Å²) in [6, 6.07) is 15.6. The molecule has 2 aromatic carbocycles. The SMILES string of the molecule is CC1(C)C[C@@H]2C(=Cc3ccc(CN4O[C@@H]5[C@H]6OC7(Cc8ccccc8C7)O[C@H]6[C@@H]6C[C@]5(C(=O)NCCC(=O)NCCO)[C@@H]4C(=O)O6)cc3)CCC3O[C@]3(C)CC[C@H]21. The molecule has 2 amide bonds. The van der Waals surface area contributed by atoms with Crippen molar-refractivity contribution in [3.63, 3.8) is 0 Å². The first-order valence-corrected chi connectivity index (χ1v) is 21.1. The molecule has 12 heteroatoms. The van der Waals surface area contributed by atoms with E-state index in [1.807, 2.05) is 12.1 Å². The van der Waals surface area contributed by atoms with E-state index in [-0.39, 0.29) is 56.5 Å². The number of aliphatic hydroxyl groups is 1. The third-order valence-electron chi connectivity index (χ3n) is 14.8. The standard InChI is InChI=1S/C45H55N3O9/c1-42(2)23-31-28(12-13-34-43(3,54-34)16-14-32(31)42)20-26-8-10-27(11-9-26)25-48-38-40(51)53-33-24-45(38,41(52)47-17-15-35(50)46-18-19-49)39(57-48)37-36(33)55-44(56-37)21-29-6-4-5-7-30(29)22-44/h4-11,20,31-34,36-39,49H,12-19,21-25H2,1-3H3,(H,46,50)(H,47,52)/t31-,32-,33+,34?,36+,37+,38+,39-,43-,45+/m1/s1. The summed E-state index contributed by atoms with van der Waals surface area (Å²) < 4.78 is 25.9. The van der Waals surface area contributed by atoms with Gasteiger partial charge in [-0.25, -0.2) is 0 Å². The van der Waals surface area contributed by atoms with Gasteiger partial charge in [-0.05, 0) is 78.5 Å². The number of nitrogens with zero attached hydrogens (tertiary/aromatic N) is 1. The Morgan fingerprint density at radius 2 is 1.68 bits per heavy atom. The molecule has 57 heavy (non-hydrogen) atoms. The average molecular weight is 782 g/mol. The quantitative estimate of drug-likeness (QED) is 0.251. The van der Waals surface area contributed by atoms with E-state index in [1.54, 1.807) is 5.06 Å². The third kappa shape index (κ3) is 6.28. The number of hydrogen-bond acceptors (Lipinski definition) is 10. The third-order valence-corrected chi connectivity index (χ3v) is 14.8. The van der Waals surface area contributed by atoms with Gasteiger partial charge in [-0.15, -0.1) is 0 Å². The Bertz CT molecular complexity index is 1960. The zero-order valence-corrected chi connectivity index (χ0v) is 33.2. The molecule has 1 spiro atoms. The van der Waals surface area contributed by atoms with Crippen molar-refractivity contribution < 1.29 is 43.3 Å². The van der Waals surface area contributed by atoms with Crippen molar-refractivity contribution in [3.8, 4) is 0 Å². The lowest BCUT2D eigenvalue weighted by Gasteiger charge is -2.53. The number of allylic oxidation sites excluding steroid dienone is 1. The molecule has 10 atom stereocenters. The summed E-state index contributed by atoms with van der Waals surface area (Å²) >= 11 is 0. The fraction of sp³-hybridized carbons (Fsp3) is 0.622. The van der Waals surface area contributed by atoms with Gasteiger partial charge in [-0.2, -0.15) is 5.06 Å². The molecule has 4 heterocycles. The van der Waals surface area contributed by atoms with Crippen LogP contribution in [-0.2, 0) is 57.6 Å². The van der Waals surface area contributed by atoms with Crippen molar-refractivity contribution in [2.45, 2.75) is 133 Å². The molecule has 2 aromatic rings. The maximum absolute atomic E-state index is 14.5. The van der Waals surface area contributed by atoms with Crippen LogP contribution in [0.1, 0.15) is 88.0 Å². The Hall–Kier alpha value is -3.65. The summed E-state index contributed by atoms with van der Waals surface area (Å²) in [7, 11) is 0. The van der Waals surface area contributed by atoms with Crippen LogP contribution >= 0.6 is 0 Å². The van der Waals surface area contributed by atoms with Crippen LogP contribution in [0.5, 0.6) is 0 Å². The monoisotopic (exact) mass is 781 g/mol. The zero-order chi connectivity index (χ0) is 39.3. The number of nitrogens with one attached hydrogen (secondary N) is 2. The maximum atomic E-state index is 14.5. The number of esters is 1. The lowest BCUT2D eigenvalue weighted by atomic mass is 9.52. The molecule has 3 saturated carbocycles. The van der Waals surface area contributed by atoms with Gasteiger partial charge < -0.3 is 34.7 Å². The molecule has 8 aliphatic rings. The Morgan fingerprint density at radius 3 is 2.42 bits per heavy atom. The van der Waals surface area contributed by atoms with E-state index in [9.17, 15) is 14.4 Å². The summed E-state index contributed by atoms with van der Waals surface area (Å²) in [5.74, 6) is -0.878. The van der Waals surface area contributed by atoms with E-state index >= 15 is 0 Å². The van der Waals surface area contributed by atoms with E-state index in [2.05, 4.69) is 73.9 Å². The number of amides is 2. The Balaban J connectivity index is 0.907. The van der Waals surface area contributed by atoms with Crippen molar-refractivity contribution in [2.75, 3.05) is 19.7 Å². The first kappa shape index (κ1) is 37.6. The lowest BCUT2D eigenvalue weighted by molar-refractivity contribution is -0.217. The van der Waals surface area contributed by atoms with Gasteiger partial charge in [0.2, 0.25) is 11.8 Å². The van der Waals surface area contributed by atoms with Gasteiger partial charge in [0, 0.05) is 38.8 Å². The Kier molecular flexibility index (Phi) is 9.04. The topological polar surface area (TPSA) is 148 Å². The lowest BCUT2D eigenvalue weighted by Crippen LogP contribution is -2.69. The van der Waals surface area contributed by atoms with Crippen molar-refractivity contribution in [1.82, 2.24) is 15.7 Å². The highest BCUT2D eigenvalue weighted by Gasteiger charge is 2.76. The number of rotatable bonds is 9. The maximum Gasteiger partial charge on any atom is 0.327 e. The molecule has 7 fully saturated rings. The van der Waals surface area contributed by atoms with Crippen LogP contribution in [0.15, 0.2) is 54.1 Å². The molecule has 4 aliphatic carbocycles. The molecule has 0 radical (unpaired) electrons. The van der Waals surface area contributed by atoms with E-state index < -0.39 is 47.6 Å². The van der Waals surface area contributed by atoms with Gasteiger partial charge in [0.15, 0.2) is 11.8 Å². The van der Waals surface area contributed by atoms with E-state index in [4.69, 9.17) is 28.9 Å². The van der Waals surface area contributed by atoms with Gasteiger partial charge in [0.05, 0.1) is 24.9 Å². The molecule has 304 valence electrons. The highest BCUT2D eigenvalue weighted by molar-refractivity contribution is 5.94. The van der Waals surface area contributed by atoms with Crippen LogP contribution in [0.3, 0.4) is 0 Å². The molecular formula is C45H55N3O9. The summed E-state index contributed by atoms with van der Waals surface area (Å²) in [4.78, 5) is 47.8. The van der Waals surface area contributed by atoms with Crippen LogP contribution in [0, 0.1) is 22.7 Å². The molecular weight excluding hydrogens is 727 g/mol. The van der Waals surface area contributed by atoms with Crippen LogP contribution in [0.25, 0.3) is 6.08 Å². The van der Waals surface area contributed by atoms with E-state index in [0.717, 1.165) is 41.5 Å². The second-order valence-electron chi connectivity index (χ2n) is 18.9. The van der Waals surface area contributed by atoms with E-state index in [0.29, 0.717) is 36.2 Å². The van der Waals surface area contributed by atoms with Gasteiger partial charge in [-0.3, -0.25) is 19.2 Å². The molecule has 2 bridgehead atoms. The van der Waals surface area contributed by atoms with Gasteiger partial charge >= 0.3 is 5.97 Å². The second-order valence-corrected chi connectivity index (χ2v) is 18.9.